The highest BCUT2D eigenvalue weighted by atomic mass is 16.5. The quantitative estimate of drug-likeness (QED) is 0.853. The molecule has 2 rings (SSSR count). The lowest BCUT2D eigenvalue weighted by Crippen LogP contribution is -2.21. The standard InChI is InChI=1S/C11H15N3O2/c1-3-8(12)5-11-13-6-10(15-11)9-4-7(2)16-14-9/h4,6,8H,3,5,12H2,1-2H3/t8-/m0/s1. The van der Waals surface area contributed by atoms with E-state index in [2.05, 4.69) is 10.1 Å². The van der Waals surface area contributed by atoms with Gasteiger partial charge in [0, 0.05) is 18.5 Å². The van der Waals surface area contributed by atoms with Crippen molar-refractivity contribution in [1.82, 2.24) is 10.1 Å². The molecular weight excluding hydrogens is 206 g/mol. The molecule has 5 heteroatoms. The molecule has 1 atom stereocenters. The summed E-state index contributed by atoms with van der Waals surface area (Å²) in [4.78, 5) is 4.16. The number of aryl methyl sites for hydroxylation is 1. The van der Waals surface area contributed by atoms with Crippen molar-refractivity contribution in [1.29, 1.82) is 0 Å². The van der Waals surface area contributed by atoms with Crippen LogP contribution in [0.25, 0.3) is 11.5 Å². The average molecular weight is 221 g/mol. The van der Waals surface area contributed by atoms with E-state index < -0.39 is 0 Å². The van der Waals surface area contributed by atoms with Crippen LogP contribution < -0.4 is 5.73 Å². The highest BCUT2D eigenvalue weighted by molar-refractivity contribution is 5.49. The van der Waals surface area contributed by atoms with Gasteiger partial charge in [-0.2, -0.15) is 0 Å². The molecule has 16 heavy (non-hydrogen) atoms. The number of hydrogen-bond donors (Lipinski definition) is 1. The highest BCUT2D eigenvalue weighted by Crippen LogP contribution is 2.20. The number of nitrogens with zero attached hydrogens (tertiary/aromatic N) is 2. The minimum Gasteiger partial charge on any atom is -0.439 e. The highest BCUT2D eigenvalue weighted by Gasteiger charge is 2.12. The molecule has 0 aliphatic rings. The zero-order valence-electron chi connectivity index (χ0n) is 9.43. The number of rotatable bonds is 4. The number of oxazole rings is 1. The Hall–Kier alpha value is -1.62. The molecule has 0 amide bonds. The van der Waals surface area contributed by atoms with Gasteiger partial charge >= 0.3 is 0 Å². The second-order valence-corrected chi connectivity index (χ2v) is 3.81. The van der Waals surface area contributed by atoms with Crippen molar-refractivity contribution >= 4 is 0 Å². The first-order valence-corrected chi connectivity index (χ1v) is 5.33. The smallest absolute Gasteiger partial charge is 0.196 e. The van der Waals surface area contributed by atoms with Crippen molar-refractivity contribution < 1.29 is 8.94 Å². The van der Waals surface area contributed by atoms with Crippen molar-refractivity contribution in [2.45, 2.75) is 32.7 Å². The molecular formula is C11H15N3O2. The second kappa shape index (κ2) is 4.49. The van der Waals surface area contributed by atoms with Crippen molar-refractivity contribution in [2.24, 2.45) is 5.73 Å². The summed E-state index contributed by atoms with van der Waals surface area (Å²) < 4.78 is 10.5. The van der Waals surface area contributed by atoms with E-state index in [1.807, 2.05) is 19.9 Å². The van der Waals surface area contributed by atoms with Crippen LogP contribution in [0.2, 0.25) is 0 Å². The van der Waals surface area contributed by atoms with E-state index in [-0.39, 0.29) is 6.04 Å². The molecule has 86 valence electrons. The van der Waals surface area contributed by atoms with Gasteiger partial charge in [-0.1, -0.05) is 12.1 Å². The monoisotopic (exact) mass is 221 g/mol. The van der Waals surface area contributed by atoms with Crippen LogP contribution in [0.5, 0.6) is 0 Å². The van der Waals surface area contributed by atoms with E-state index in [0.717, 1.165) is 12.2 Å². The van der Waals surface area contributed by atoms with Crippen LogP contribution in [0.3, 0.4) is 0 Å². The number of aromatic nitrogens is 2. The zero-order valence-corrected chi connectivity index (χ0v) is 9.43. The molecule has 0 aromatic carbocycles. The van der Waals surface area contributed by atoms with Crippen molar-refractivity contribution in [3.05, 3.63) is 23.9 Å². The summed E-state index contributed by atoms with van der Waals surface area (Å²) in [5.41, 5.74) is 6.49. The Labute approximate surface area is 93.6 Å². The van der Waals surface area contributed by atoms with Crippen molar-refractivity contribution in [3.8, 4) is 11.5 Å². The van der Waals surface area contributed by atoms with Crippen LogP contribution in [-0.2, 0) is 6.42 Å². The van der Waals surface area contributed by atoms with E-state index in [1.54, 1.807) is 6.20 Å². The SMILES string of the molecule is CC[C@H](N)Cc1ncc(-c2cc(C)on2)o1. The predicted octanol–water partition coefficient (Wildman–Crippen LogP) is 1.92. The minimum absolute atomic E-state index is 0.0885. The molecule has 0 radical (unpaired) electrons. The fourth-order valence-electron chi connectivity index (χ4n) is 1.37. The third kappa shape index (κ3) is 2.30. The maximum atomic E-state index is 5.82. The van der Waals surface area contributed by atoms with Crippen LogP contribution in [-0.4, -0.2) is 16.2 Å². The first-order valence-electron chi connectivity index (χ1n) is 5.33. The van der Waals surface area contributed by atoms with E-state index in [1.165, 1.54) is 0 Å². The lowest BCUT2D eigenvalue weighted by molar-refractivity contribution is 0.396. The Morgan fingerprint density at radius 1 is 1.50 bits per heavy atom. The Kier molecular flexibility index (Phi) is 3.05. The lowest BCUT2D eigenvalue weighted by Gasteiger charge is -2.03. The van der Waals surface area contributed by atoms with Gasteiger partial charge in [-0.15, -0.1) is 0 Å². The van der Waals surface area contributed by atoms with Crippen LogP contribution in [0.1, 0.15) is 25.0 Å². The molecule has 0 fully saturated rings. The minimum atomic E-state index is 0.0885. The van der Waals surface area contributed by atoms with Gasteiger partial charge in [0.2, 0.25) is 0 Å². The van der Waals surface area contributed by atoms with E-state index in [9.17, 15) is 0 Å². The molecule has 0 spiro atoms. The number of nitrogens with two attached hydrogens (primary N) is 1. The van der Waals surface area contributed by atoms with Gasteiger partial charge in [-0.3, -0.25) is 0 Å². The summed E-state index contributed by atoms with van der Waals surface area (Å²) in [6, 6.07) is 1.90. The van der Waals surface area contributed by atoms with E-state index in [4.69, 9.17) is 14.7 Å². The molecule has 0 bridgehead atoms. The zero-order chi connectivity index (χ0) is 11.5. The molecule has 0 unspecified atom stereocenters. The van der Waals surface area contributed by atoms with Gasteiger partial charge in [0.05, 0.1) is 6.20 Å². The third-order valence-electron chi connectivity index (χ3n) is 2.40. The average Bonchev–Trinajstić information content (AvgIpc) is 2.87. The summed E-state index contributed by atoms with van der Waals surface area (Å²) >= 11 is 0. The van der Waals surface area contributed by atoms with E-state index >= 15 is 0 Å². The predicted molar refractivity (Wildman–Crippen MR) is 58.7 cm³/mol. The third-order valence-corrected chi connectivity index (χ3v) is 2.40. The summed E-state index contributed by atoms with van der Waals surface area (Å²) in [6.45, 7) is 3.87. The van der Waals surface area contributed by atoms with Gasteiger partial charge in [-0.25, -0.2) is 4.98 Å². The van der Waals surface area contributed by atoms with Crippen molar-refractivity contribution in [3.63, 3.8) is 0 Å². The first kappa shape index (κ1) is 10.9. The Morgan fingerprint density at radius 2 is 2.31 bits per heavy atom. The Morgan fingerprint density at radius 3 is 2.94 bits per heavy atom. The molecule has 5 nitrogen and oxygen atoms in total. The van der Waals surface area contributed by atoms with Gasteiger partial charge in [0.15, 0.2) is 17.3 Å². The van der Waals surface area contributed by atoms with Gasteiger partial charge in [-0.05, 0) is 13.3 Å². The Bertz CT molecular complexity index is 461. The fourth-order valence-corrected chi connectivity index (χ4v) is 1.37. The van der Waals surface area contributed by atoms with Gasteiger partial charge < -0.3 is 14.7 Å². The molecule has 0 saturated heterocycles. The Balaban J connectivity index is 2.13. The summed E-state index contributed by atoms with van der Waals surface area (Å²) in [5.74, 6) is 2.01. The first-order chi connectivity index (χ1) is 7.69. The lowest BCUT2D eigenvalue weighted by atomic mass is 10.2. The molecule has 0 saturated carbocycles. The molecule has 0 aliphatic heterocycles. The summed E-state index contributed by atoms with van der Waals surface area (Å²) in [7, 11) is 0. The number of hydrogen-bond acceptors (Lipinski definition) is 5. The van der Waals surface area contributed by atoms with Crippen LogP contribution >= 0.6 is 0 Å². The van der Waals surface area contributed by atoms with Crippen molar-refractivity contribution in [2.75, 3.05) is 0 Å². The summed E-state index contributed by atoms with van der Waals surface area (Å²) in [5, 5.41) is 3.86. The normalized spacial score (nSPS) is 12.9. The summed E-state index contributed by atoms with van der Waals surface area (Å²) in [6.07, 6.45) is 3.20. The van der Waals surface area contributed by atoms with Gasteiger partial charge in [0.1, 0.15) is 5.76 Å². The maximum absolute atomic E-state index is 5.82. The molecule has 2 heterocycles. The van der Waals surface area contributed by atoms with Crippen LogP contribution in [0, 0.1) is 6.92 Å². The molecule has 0 aliphatic carbocycles. The molecule has 2 N–H and O–H groups in total. The maximum Gasteiger partial charge on any atom is 0.196 e. The fraction of sp³-hybridized carbons (Fsp3) is 0.455. The van der Waals surface area contributed by atoms with E-state index in [0.29, 0.717) is 23.8 Å². The van der Waals surface area contributed by atoms with Crippen LogP contribution in [0.4, 0.5) is 0 Å². The molecule has 2 aromatic rings. The topological polar surface area (TPSA) is 78.1 Å². The second-order valence-electron chi connectivity index (χ2n) is 3.81. The van der Waals surface area contributed by atoms with Crippen LogP contribution in [0.15, 0.2) is 21.2 Å². The molecule has 2 aromatic heterocycles. The largest absolute Gasteiger partial charge is 0.439 e. The van der Waals surface area contributed by atoms with Gasteiger partial charge in [0.25, 0.3) is 0 Å².